The van der Waals surface area contributed by atoms with Crippen LogP contribution in [0, 0.1) is 27.7 Å². The highest BCUT2D eigenvalue weighted by atomic mass is 32.1. The molecule has 166 valence electrons. The maximum atomic E-state index is 5.93. The number of nitrogens with zero attached hydrogens (tertiary/aromatic N) is 3. The lowest BCUT2D eigenvalue weighted by atomic mass is 9.95. The first-order chi connectivity index (χ1) is 15.5. The van der Waals surface area contributed by atoms with E-state index in [1.54, 1.807) is 0 Å². The zero-order valence-electron chi connectivity index (χ0n) is 19.4. The first-order valence-electron chi connectivity index (χ1n) is 11.7. The quantitative estimate of drug-likeness (QED) is 0.499. The van der Waals surface area contributed by atoms with Crippen molar-refractivity contribution < 1.29 is 0 Å². The predicted molar refractivity (Wildman–Crippen MR) is 134 cm³/mol. The first-order valence-corrected chi connectivity index (χ1v) is 12.1. The lowest BCUT2D eigenvalue weighted by Gasteiger charge is -2.33. The lowest BCUT2D eigenvalue weighted by Crippen LogP contribution is -2.37. The fourth-order valence-corrected chi connectivity index (χ4v) is 6.25. The van der Waals surface area contributed by atoms with Crippen LogP contribution in [-0.4, -0.2) is 25.6 Å². The van der Waals surface area contributed by atoms with Gasteiger partial charge in [-0.15, -0.1) is 0 Å². The van der Waals surface area contributed by atoms with E-state index < -0.39 is 0 Å². The van der Waals surface area contributed by atoms with Crippen LogP contribution in [0.1, 0.15) is 71.5 Å². The van der Waals surface area contributed by atoms with E-state index in [0.717, 1.165) is 10.8 Å². The summed E-state index contributed by atoms with van der Waals surface area (Å²) >= 11 is 5.93. The van der Waals surface area contributed by atoms with Gasteiger partial charge in [0.05, 0.1) is 23.5 Å². The Kier molecular flexibility index (Phi) is 5.54. The van der Waals surface area contributed by atoms with Crippen molar-refractivity contribution in [1.82, 2.24) is 19.8 Å². The average Bonchev–Trinajstić information content (AvgIpc) is 3.48. The second kappa shape index (κ2) is 8.36. The van der Waals surface area contributed by atoms with E-state index in [4.69, 9.17) is 17.2 Å². The fraction of sp³-hybridized carbons (Fsp3) is 0.407. The Balaban J connectivity index is 1.67. The Morgan fingerprint density at radius 2 is 1.69 bits per heavy atom. The number of aryl methyl sites for hydroxylation is 3. The van der Waals surface area contributed by atoms with Crippen LogP contribution in [0.5, 0.6) is 0 Å². The van der Waals surface area contributed by atoms with E-state index in [-0.39, 0.29) is 12.1 Å². The lowest BCUT2D eigenvalue weighted by molar-refractivity contribution is 0.245. The van der Waals surface area contributed by atoms with Gasteiger partial charge in [-0.05, 0) is 87.6 Å². The van der Waals surface area contributed by atoms with Crippen LogP contribution in [0.2, 0.25) is 0 Å². The van der Waals surface area contributed by atoms with Gasteiger partial charge in [0.25, 0.3) is 0 Å². The predicted octanol–water partition coefficient (Wildman–Crippen LogP) is 6.02. The van der Waals surface area contributed by atoms with Gasteiger partial charge in [-0.3, -0.25) is 4.98 Å². The fourth-order valence-electron chi connectivity index (χ4n) is 5.86. The Bertz CT molecular complexity index is 1120. The molecule has 1 aliphatic carbocycles. The van der Waals surface area contributed by atoms with E-state index in [0.29, 0.717) is 6.04 Å². The number of rotatable bonds is 4. The third-order valence-electron chi connectivity index (χ3n) is 7.31. The summed E-state index contributed by atoms with van der Waals surface area (Å²) < 4.78 is 2.43. The molecular weight excluding hydrogens is 412 g/mol. The molecule has 3 aromatic rings. The highest BCUT2D eigenvalue weighted by Gasteiger charge is 2.44. The number of hydrogen-bond acceptors (Lipinski definition) is 2. The van der Waals surface area contributed by atoms with Crippen LogP contribution < -0.4 is 5.32 Å². The molecule has 1 saturated heterocycles. The molecule has 0 amide bonds. The van der Waals surface area contributed by atoms with Gasteiger partial charge in [-0.25, -0.2) is 0 Å². The Hall–Kier alpha value is -2.66. The summed E-state index contributed by atoms with van der Waals surface area (Å²) in [5.41, 5.74) is 8.85. The number of benzene rings is 1. The third-order valence-corrected chi connectivity index (χ3v) is 7.63. The van der Waals surface area contributed by atoms with Crippen molar-refractivity contribution in [1.29, 1.82) is 0 Å². The third kappa shape index (κ3) is 3.43. The SMILES string of the molecule is Cc1cccc(C)c1-n1c(C)cc([C@H]2[C@@H](c3ccccn3)NC(=S)N2C2CCCC2)c1C. The summed E-state index contributed by atoms with van der Waals surface area (Å²) in [5.74, 6) is 0. The molecule has 4 nitrogen and oxygen atoms in total. The average molecular weight is 445 g/mol. The molecule has 2 aromatic heterocycles. The van der Waals surface area contributed by atoms with E-state index in [2.05, 4.69) is 78.9 Å². The van der Waals surface area contributed by atoms with Crippen molar-refractivity contribution >= 4 is 17.3 Å². The molecule has 3 heterocycles. The summed E-state index contributed by atoms with van der Waals surface area (Å²) in [7, 11) is 0. The first kappa shape index (κ1) is 21.2. The molecule has 0 unspecified atom stereocenters. The Morgan fingerprint density at radius 1 is 0.969 bits per heavy atom. The van der Waals surface area contributed by atoms with Gasteiger partial charge in [0.2, 0.25) is 0 Å². The molecule has 2 fully saturated rings. The smallest absolute Gasteiger partial charge is 0.170 e. The normalized spacial score (nSPS) is 21.4. The highest BCUT2D eigenvalue weighted by molar-refractivity contribution is 7.80. The van der Waals surface area contributed by atoms with Crippen molar-refractivity contribution in [3.63, 3.8) is 0 Å². The number of nitrogens with one attached hydrogen (secondary N) is 1. The molecule has 0 radical (unpaired) electrons. The van der Waals surface area contributed by atoms with Crippen LogP contribution in [0.25, 0.3) is 5.69 Å². The molecule has 1 aromatic carbocycles. The van der Waals surface area contributed by atoms with Crippen LogP contribution in [0.15, 0.2) is 48.7 Å². The summed E-state index contributed by atoms with van der Waals surface area (Å²) in [6.07, 6.45) is 6.87. The number of pyridine rings is 1. The zero-order chi connectivity index (χ0) is 22.4. The van der Waals surface area contributed by atoms with Crippen molar-refractivity contribution in [2.45, 2.75) is 71.5 Å². The standard InChI is InChI=1S/C27H32N4S/c1-17-10-9-11-18(2)25(17)30-19(3)16-22(20(30)4)26-24(23-14-7-8-15-28-23)29-27(32)31(26)21-12-5-6-13-21/h7-11,14-16,21,24,26H,5-6,12-13H2,1-4H3,(H,29,32)/t24-,26+/m1/s1. The highest BCUT2D eigenvalue weighted by Crippen LogP contribution is 2.45. The van der Waals surface area contributed by atoms with Gasteiger partial charge in [-0.2, -0.15) is 0 Å². The van der Waals surface area contributed by atoms with Crippen LogP contribution >= 0.6 is 12.2 Å². The monoisotopic (exact) mass is 444 g/mol. The number of hydrogen-bond donors (Lipinski definition) is 1. The molecule has 1 aliphatic heterocycles. The largest absolute Gasteiger partial charge is 0.352 e. The van der Waals surface area contributed by atoms with Crippen molar-refractivity contribution in [3.8, 4) is 5.69 Å². The zero-order valence-corrected chi connectivity index (χ0v) is 20.2. The molecule has 1 N–H and O–H groups in total. The van der Waals surface area contributed by atoms with Crippen LogP contribution in [-0.2, 0) is 0 Å². The summed E-state index contributed by atoms with van der Waals surface area (Å²) in [5, 5.41) is 4.52. The van der Waals surface area contributed by atoms with Gasteiger partial charge < -0.3 is 14.8 Å². The summed E-state index contributed by atoms with van der Waals surface area (Å²) in [6.45, 7) is 8.89. The molecular formula is C27H32N4S. The van der Waals surface area contributed by atoms with Gasteiger partial charge in [-0.1, -0.05) is 37.1 Å². The van der Waals surface area contributed by atoms with Gasteiger partial charge >= 0.3 is 0 Å². The van der Waals surface area contributed by atoms with E-state index >= 15 is 0 Å². The Morgan fingerprint density at radius 3 is 2.34 bits per heavy atom. The topological polar surface area (TPSA) is 33.1 Å². The van der Waals surface area contributed by atoms with Gasteiger partial charge in [0, 0.05) is 23.6 Å². The second-order valence-electron chi connectivity index (χ2n) is 9.37. The minimum atomic E-state index is 0.0521. The van der Waals surface area contributed by atoms with Crippen molar-refractivity contribution in [2.24, 2.45) is 0 Å². The van der Waals surface area contributed by atoms with E-state index in [9.17, 15) is 0 Å². The van der Waals surface area contributed by atoms with Gasteiger partial charge in [0.1, 0.15) is 0 Å². The number of aromatic nitrogens is 2. The summed E-state index contributed by atoms with van der Waals surface area (Å²) in [4.78, 5) is 7.22. The maximum Gasteiger partial charge on any atom is 0.170 e. The van der Waals surface area contributed by atoms with E-state index in [1.165, 1.54) is 59.4 Å². The molecule has 1 saturated carbocycles. The van der Waals surface area contributed by atoms with Gasteiger partial charge in [0.15, 0.2) is 5.11 Å². The molecule has 0 spiro atoms. The van der Waals surface area contributed by atoms with E-state index in [1.807, 2.05) is 12.3 Å². The molecule has 2 atom stereocenters. The molecule has 32 heavy (non-hydrogen) atoms. The summed E-state index contributed by atoms with van der Waals surface area (Å²) in [6, 6.07) is 15.8. The molecule has 0 bridgehead atoms. The minimum Gasteiger partial charge on any atom is -0.352 e. The van der Waals surface area contributed by atoms with Crippen LogP contribution in [0.3, 0.4) is 0 Å². The second-order valence-corrected chi connectivity index (χ2v) is 9.76. The van der Waals surface area contributed by atoms with Crippen molar-refractivity contribution in [2.75, 3.05) is 0 Å². The molecule has 5 rings (SSSR count). The maximum absolute atomic E-state index is 5.93. The van der Waals surface area contributed by atoms with Crippen LogP contribution in [0.4, 0.5) is 0 Å². The minimum absolute atomic E-state index is 0.0521. The molecule has 2 aliphatic rings. The Labute approximate surface area is 196 Å². The molecule has 5 heteroatoms. The van der Waals surface area contributed by atoms with Crippen molar-refractivity contribution in [3.05, 3.63) is 82.4 Å². The number of para-hydroxylation sites is 1. The number of thiocarbonyl (C=S) groups is 1.